The summed E-state index contributed by atoms with van der Waals surface area (Å²) in [5.74, 6) is 1.01. The number of nitrogens with zero attached hydrogens (tertiary/aromatic N) is 3. The molecule has 3 aliphatic rings. The third-order valence-corrected chi connectivity index (χ3v) is 7.41. The predicted octanol–water partition coefficient (Wildman–Crippen LogP) is 6.57. The van der Waals surface area contributed by atoms with E-state index in [1.165, 1.54) is 41.9 Å². The highest BCUT2D eigenvalue weighted by Crippen LogP contribution is 2.46. The first-order chi connectivity index (χ1) is 17.2. The van der Waals surface area contributed by atoms with Crippen LogP contribution in [0.5, 0.6) is 5.75 Å². The number of ether oxygens (including phenoxy) is 1. The van der Waals surface area contributed by atoms with Gasteiger partial charge < -0.3 is 9.14 Å². The molecule has 0 bridgehead atoms. The van der Waals surface area contributed by atoms with E-state index >= 15 is 0 Å². The fraction of sp³-hybridized carbons (Fsp3) is 0.267. The molecule has 0 amide bonds. The van der Waals surface area contributed by atoms with Gasteiger partial charge in [-0.15, -0.1) is 0 Å². The molecule has 172 valence electrons. The molecule has 0 N–H and O–H groups in total. The van der Waals surface area contributed by atoms with Crippen LogP contribution in [0.1, 0.15) is 65.2 Å². The number of aromatic nitrogens is 2. The summed E-state index contributed by atoms with van der Waals surface area (Å²) in [6.45, 7) is 0.342. The molecular formula is C30H24FN3O. The normalized spacial score (nSPS) is 18.3. The van der Waals surface area contributed by atoms with Crippen LogP contribution in [0.25, 0.3) is 11.2 Å². The van der Waals surface area contributed by atoms with Gasteiger partial charge in [-0.3, -0.25) is 0 Å². The number of allylic oxidation sites excluding steroid dienone is 1. The van der Waals surface area contributed by atoms with Gasteiger partial charge in [0.2, 0.25) is 0 Å². The summed E-state index contributed by atoms with van der Waals surface area (Å²) in [4.78, 5) is 4.94. The van der Waals surface area contributed by atoms with Crippen LogP contribution < -0.4 is 4.74 Å². The largest absolute Gasteiger partial charge is 0.488 e. The molecule has 2 aromatic carbocycles. The number of imidazole rings is 1. The Bertz CT molecular complexity index is 1570. The van der Waals surface area contributed by atoms with Crippen LogP contribution in [0, 0.1) is 23.1 Å². The van der Waals surface area contributed by atoms with Crippen LogP contribution in [-0.4, -0.2) is 9.38 Å². The SMILES string of the molecule is N#C/C(=C1\c2ccc(Cc3c(C4CC4)nc4ccccn34)cc2COc2cc(F)ccc21)C1CC1. The number of hydrogen-bond donors (Lipinski definition) is 0. The Balaban J connectivity index is 1.35. The summed E-state index contributed by atoms with van der Waals surface area (Å²) in [7, 11) is 0. The van der Waals surface area contributed by atoms with Crippen LogP contribution in [0.15, 0.2) is 66.4 Å². The molecule has 4 nitrogen and oxygen atoms in total. The van der Waals surface area contributed by atoms with Crippen LogP contribution >= 0.6 is 0 Å². The van der Waals surface area contributed by atoms with E-state index in [9.17, 15) is 9.65 Å². The minimum Gasteiger partial charge on any atom is -0.488 e. The van der Waals surface area contributed by atoms with Crippen molar-refractivity contribution < 1.29 is 9.13 Å². The highest BCUT2D eigenvalue weighted by Gasteiger charge is 2.33. The van der Waals surface area contributed by atoms with Gasteiger partial charge in [0.05, 0.1) is 17.5 Å². The van der Waals surface area contributed by atoms with Gasteiger partial charge in [-0.1, -0.05) is 24.3 Å². The predicted molar refractivity (Wildman–Crippen MR) is 132 cm³/mol. The molecule has 0 unspecified atom stereocenters. The topological polar surface area (TPSA) is 50.3 Å². The molecule has 5 heteroatoms. The molecule has 0 saturated heterocycles. The molecule has 1 aliphatic heterocycles. The van der Waals surface area contributed by atoms with Gasteiger partial charge in [0.15, 0.2) is 0 Å². The molecule has 2 saturated carbocycles. The number of rotatable bonds is 4. The second-order valence-electron chi connectivity index (χ2n) is 9.92. The maximum atomic E-state index is 14.1. The van der Waals surface area contributed by atoms with Gasteiger partial charge in [0.25, 0.3) is 0 Å². The van der Waals surface area contributed by atoms with Crippen LogP contribution in [0.4, 0.5) is 4.39 Å². The zero-order chi connectivity index (χ0) is 23.5. The molecule has 35 heavy (non-hydrogen) atoms. The third-order valence-electron chi connectivity index (χ3n) is 7.41. The fourth-order valence-electron chi connectivity index (χ4n) is 5.37. The Kier molecular flexibility index (Phi) is 4.57. The minimum atomic E-state index is -0.333. The maximum Gasteiger partial charge on any atom is 0.137 e. The average Bonchev–Trinajstić information content (AvgIpc) is 3.79. The van der Waals surface area contributed by atoms with Crippen molar-refractivity contribution in [2.45, 2.75) is 44.6 Å². The fourth-order valence-corrected chi connectivity index (χ4v) is 5.37. The van der Waals surface area contributed by atoms with Crippen LogP contribution in [0.3, 0.4) is 0 Å². The minimum absolute atomic E-state index is 0.276. The van der Waals surface area contributed by atoms with Crippen molar-refractivity contribution >= 4 is 11.2 Å². The van der Waals surface area contributed by atoms with Crippen molar-refractivity contribution in [3.8, 4) is 11.8 Å². The van der Waals surface area contributed by atoms with Crippen molar-refractivity contribution in [3.63, 3.8) is 0 Å². The Morgan fingerprint density at radius 3 is 2.71 bits per heavy atom. The zero-order valence-corrected chi connectivity index (χ0v) is 19.3. The summed E-state index contributed by atoms with van der Waals surface area (Å²) in [6.07, 6.45) is 7.33. The Morgan fingerprint density at radius 1 is 1.06 bits per heavy atom. The van der Waals surface area contributed by atoms with Crippen molar-refractivity contribution in [2.24, 2.45) is 5.92 Å². The highest BCUT2D eigenvalue weighted by molar-refractivity contribution is 5.89. The van der Waals surface area contributed by atoms with E-state index in [4.69, 9.17) is 9.72 Å². The van der Waals surface area contributed by atoms with Crippen molar-refractivity contribution in [1.82, 2.24) is 9.38 Å². The second-order valence-corrected chi connectivity index (χ2v) is 9.92. The highest BCUT2D eigenvalue weighted by atomic mass is 19.1. The van der Waals surface area contributed by atoms with Crippen molar-refractivity contribution in [2.75, 3.05) is 0 Å². The second kappa shape index (κ2) is 7.81. The van der Waals surface area contributed by atoms with Gasteiger partial charge in [0, 0.05) is 41.3 Å². The molecule has 0 spiro atoms. The first-order valence-electron chi connectivity index (χ1n) is 12.3. The van der Waals surface area contributed by atoms with Gasteiger partial charge in [-0.2, -0.15) is 5.26 Å². The number of pyridine rings is 1. The third kappa shape index (κ3) is 3.52. The summed E-state index contributed by atoms with van der Waals surface area (Å²) in [5, 5.41) is 10.1. The van der Waals surface area contributed by atoms with Gasteiger partial charge in [-0.05, 0) is 72.6 Å². The lowest BCUT2D eigenvalue weighted by molar-refractivity contribution is 0.305. The summed E-state index contributed by atoms with van der Waals surface area (Å²) < 4.78 is 22.4. The number of hydrogen-bond acceptors (Lipinski definition) is 3. The van der Waals surface area contributed by atoms with Gasteiger partial charge in [-0.25, -0.2) is 9.37 Å². The molecule has 0 radical (unpaired) electrons. The van der Waals surface area contributed by atoms with Crippen molar-refractivity contribution in [3.05, 3.63) is 106 Å². The quantitative estimate of drug-likeness (QED) is 0.323. The maximum absolute atomic E-state index is 14.1. The van der Waals surface area contributed by atoms with E-state index in [-0.39, 0.29) is 11.7 Å². The first-order valence-corrected chi connectivity index (χ1v) is 12.3. The van der Waals surface area contributed by atoms with E-state index in [1.54, 1.807) is 6.07 Å². The lowest BCUT2D eigenvalue weighted by Crippen LogP contribution is -2.02. The number of nitriles is 1. The molecule has 3 heterocycles. The zero-order valence-electron chi connectivity index (χ0n) is 19.3. The average molecular weight is 462 g/mol. The van der Waals surface area contributed by atoms with E-state index in [0.29, 0.717) is 18.3 Å². The summed E-state index contributed by atoms with van der Waals surface area (Å²) in [5.41, 5.74) is 9.18. The molecule has 2 fully saturated rings. The molecule has 2 aromatic heterocycles. The lowest BCUT2D eigenvalue weighted by Gasteiger charge is -2.14. The molecule has 0 atom stereocenters. The van der Waals surface area contributed by atoms with Gasteiger partial charge >= 0.3 is 0 Å². The van der Waals surface area contributed by atoms with Gasteiger partial charge in [0.1, 0.15) is 23.8 Å². The van der Waals surface area contributed by atoms with Crippen LogP contribution in [0.2, 0.25) is 0 Å². The van der Waals surface area contributed by atoms with E-state index < -0.39 is 0 Å². The molecule has 2 aliphatic carbocycles. The molecule has 4 aromatic rings. The monoisotopic (exact) mass is 461 g/mol. The standard InChI is InChI=1S/C30H24FN3O/c31-22-9-11-24-27(15-22)35-17-21-13-18(4-10-23(21)29(24)25(16-32)19-5-6-19)14-26-30(20-7-8-20)33-28-3-1-2-12-34(26)28/h1-4,9-13,15,19-20H,5-8,14,17H2/b29-25-. The Morgan fingerprint density at radius 2 is 1.91 bits per heavy atom. The smallest absolute Gasteiger partial charge is 0.137 e. The summed E-state index contributed by atoms with van der Waals surface area (Å²) in [6, 6.07) is 19.7. The molecule has 7 rings (SSSR count). The first kappa shape index (κ1) is 20.5. The Hall–Kier alpha value is -3.91. The van der Waals surface area contributed by atoms with E-state index in [0.717, 1.165) is 52.7 Å². The van der Waals surface area contributed by atoms with E-state index in [1.807, 2.05) is 6.07 Å². The van der Waals surface area contributed by atoms with Crippen LogP contribution in [-0.2, 0) is 13.0 Å². The molecular weight excluding hydrogens is 437 g/mol. The van der Waals surface area contributed by atoms with E-state index in [2.05, 4.69) is 47.0 Å². The Labute approximate surface area is 203 Å². The number of halogens is 1. The lowest BCUT2D eigenvalue weighted by atomic mass is 9.87. The summed E-state index contributed by atoms with van der Waals surface area (Å²) >= 11 is 0. The van der Waals surface area contributed by atoms with Crippen molar-refractivity contribution in [1.29, 1.82) is 5.26 Å². The number of benzene rings is 2. The number of fused-ring (bicyclic) bond motifs is 3.